The molecule has 0 radical (unpaired) electrons. The van der Waals surface area contributed by atoms with Crippen LogP contribution < -0.4 is 5.32 Å². The fourth-order valence-corrected chi connectivity index (χ4v) is 1.85. The topological polar surface area (TPSA) is 88.3 Å². The molecular weight excluding hydrogens is 260 g/mol. The standard InChI is InChI=1S/C10H13ClN4O3/c1-15-8(16)3-2-6(9(15)17)12-10-14-13-7(18-10)4-5-11/h6H,2-5H2,1H3,(H,12,14). The minimum absolute atomic E-state index is 0.175. The summed E-state index contributed by atoms with van der Waals surface area (Å²) in [5.74, 6) is 0.344. The molecule has 98 valence electrons. The van der Waals surface area contributed by atoms with Gasteiger partial charge in [-0.25, -0.2) is 0 Å². The van der Waals surface area contributed by atoms with Crippen molar-refractivity contribution in [1.82, 2.24) is 15.1 Å². The van der Waals surface area contributed by atoms with Crippen molar-refractivity contribution in [3.8, 4) is 0 Å². The molecule has 2 amide bonds. The lowest BCUT2D eigenvalue weighted by molar-refractivity contribution is -0.146. The molecular formula is C10H13ClN4O3. The molecule has 1 unspecified atom stereocenters. The molecule has 18 heavy (non-hydrogen) atoms. The molecule has 0 aromatic carbocycles. The number of piperidine rings is 1. The fraction of sp³-hybridized carbons (Fsp3) is 0.600. The second-order valence-corrected chi connectivity index (χ2v) is 4.34. The normalized spacial score (nSPS) is 20.3. The van der Waals surface area contributed by atoms with Crippen LogP contribution in [0.4, 0.5) is 6.01 Å². The second kappa shape index (κ2) is 5.34. The highest BCUT2D eigenvalue weighted by Gasteiger charge is 2.32. The molecule has 1 aliphatic heterocycles. The van der Waals surface area contributed by atoms with Crippen molar-refractivity contribution in [2.75, 3.05) is 18.2 Å². The quantitative estimate of drug-likeness (QED) is 0.631. The van der Waals surface area contributed by atoms with Crippen LogP contribution in [-0.4, -0.2) is 45.9 Å². The predicted molar refractivity (Wildman–Crippen MR) is 63.1 cm³/mol. The van der Waals surface area contributed by atoms with Crippen molar-refractivity contribution in [3.05, 3.63) is 5.89 Å². The number of nitrogens with zero attached hydrogens (tertiary/aromatic N) is 3. The van der Waals surface area contributed by atoms with Gasteiger partial charge in [0.15, 0.2) is 0 Å². The van der Waals surface area contributed by atoms with Gasteiger partial charge < -0.3 is 9.73 Å². The highest BCUT2D eigenvalue weighted by atomic mass is 35.5. The van der Waals surface area contributed by atoms with Gasteiger partial charge in [-0.1, -0.05) is 5.10 Å². The first-order chi connectivity index (χ1) is 8.61. The summed E-state index contributed by atoms with van der Waals surface area (Å²) < 4.78 is 5.26. The SMILES string of the molecule is CN1C(=O)CCC(Nc2nnc(CCCl)o2)C1=O. The Morgan fingerprint density at radius 1 is 1.50 bits per heavy atom. The Bertz CT molecular complexity index is 462. The average Bonchev–Trinajstić information content (AvgIpc) is 2.78. The first kappa shape index (κ1) is 12.8. The van der Waals surface area contributed by atoms with Crippen LogP contribution in [0.1, 0.15) is 18.7 Å². The smallest absolute Gasteiger partial charge is 0.316 e. The molecule has 1 aliphatic rings. The highest BCUT2D eigenvalue weighted by Crippen LogP contribution is 2.16. The Morgan fingerprint density at radius 3 is 3.00 bits per heavy atom. The van der Waals surface area contributed by atoms with Crippen molar-refractivity contribution in [1.29, 1.82) is 0 Å². The maximum Gasteiger partial charge on any atom is 0.316 e. The monoisotopic (exact) mass is 272 g/mol. The van der Waals surface area contributed by atoms with Crippen molar-refractivity contribution in [2.24, 2.45) is 0 Å². The number of halogens is 1. The molecule has 2 rings (SSSR count). The zero-order valence-corrected chi connectivity index (χ0v) is 10.6. The third-order valence-electron chi connectivity index (χ3n) is 2.72. The van der Waals surface area contributed by atoms with Gasteiger partial charge in [-0.3, -0.25) is 14.5 Å². The number of anilines is 1. The van der Waals surface area contributed by atoms with E-state index in [-0.39, 0.29) is 17.8 Å². The molecule has 7 nitrogen and oxygen atoms in total. The van der Waals surface area contributed by atoms with Crippen LogP contribution in [0.15, 0.2) is 4.42 Å². The molecule has 8 heteroatoms. The first-order valence-electron chi connectivity index (χ1n) is 5.57. The number of aryl methyl sites for hydroxylation is 1. The first-order valence-corrected chi connectivity index (χ1v) is 6.10. The largest absolute Gasteiger partial charge is 0.408 e. The molecule has 0 spiro atoms. The van der Waals surface area contributed by atoms with Crippen LogP contribution >= 0.6 is 11.6 Å². The molecule has 0 bridgehead atoms. The van der Waals surface area contributed by atoms with Crippen LogP contribution in [0.25, 0.3) is 0 Å². The number of likely N-dealkylation sites (tertiary alicyclic amines) is 1. The Morgan fingerprint density at radius 2 is 2.28 bits per heavy atom. The Kier molecular flexibility index (Phi) is 3.81. The van der Waals surface area contributed by atoms with Crippen LogP contribution in [0.5, 0.6) is 0 Å². The van der Waals surface area contributed by atoms with Gasteiger partial charge in [0.05, 0.1) is 0 Å². The summed E-state index contributed by atoms with van der Waals surface area (Å²) in [4.78, 5) is 24.2. The van der Waals surface area contributed by atoms with Crippen molar-refractivity contribution in [2.45, 2.75) is 25.3 Å². The number of hydrogen-bond acceptors (Lipinski definition) is 6. The summed E-state index contributed by atoms with van der Waals surface area (Å²) in [6, 6.07) is -0.326. The number of carbonyl (C=O) groups is 2. The number of hydrogen-bond donors (Lipinski definition) is 1. The van der Waals surface area contributed by atoms with Crippen molar-refractivity contribution in [3.63, 3.8) is 0 Å². The molecule has 1 fully saturated rings. The lowest BCUT2D eigenvalue weighted by atomic mass is 10.1. The van der Waals surface area contributed by atoms with Gasteiger partial charge in [0, 0.05) is 25.8 Å². The van der Waals surface area contributed by atoms with Gasteiger partial charge in [0.2, 0.25) is 11.8 Å². The molecule has 1 N–H and O–H groups in total. The lowest BCUT2D eigenvalue weighted by Crippen LogP contribution is -2.48. The summed E-state index contributed by atoms with van der Waals surface area (Å²) in [5, 5.41) is 10.4. The molecule has 1 aromatic rings. The summed E-state index contributed by atoms with van der Waals surface area (Å²) in [5.41, 5.74) is 0. The van der Waals surface area contributed by atoms with Crippen LogP contribution in [0, 0.1) is 0 Å². The Hall–Kier alpha value is -1.63. The van der Waals surface area contributed by atoms with E-state index in [1.54, 1.807) is 0 Å². The Balaban J connectivity index is 2.00. The second-order valence-electron chi connectivity index (χ2n) is 3.97. The molecule has 0 saturated carbocycles. The number of alkyl halides is 1. The van der Waals surface area contributed by atoms with Gasteiger partial charge in [-0.15, -0.1) is 16.7 Å². The van der Waals surface area contributed by atoms with E-state index in [0.29, 0.717) is 31.0 Å². The van der Waals surface area contributed by atoms with Crippen molar-refractivity contribution >= 4 is 29.4 Å². The number of imide groups is 1. The third kappa shape index (κ3) is 2.61. The zero-order valence-electron chi connectivity index (χ0n) is 9.85. The maximum atomic E-state index is 11.8. The van der Waals surface area contributed by atoms with E-state index in [1.807, 2.05) is 0 Å². The molecule has 2 heterocycles. The number of nitrogens with one attached hydrogen (secondary N) is 1. The summed E-state index contributed by atoms with van der Waals surface area (Å²) in [6.45, 7) is 0. The molecule has 1 atom stereocenters. The van der Waals surface area contributed by atoms with E-state index in [4.69, 9.17) is 16.0 Å². The Labute approximate surface area is 108 Å². The van der Waals surface area contributed by atoms with Gasteiger partial charge in [0.1, 0.15) is 6.04 Å². The third-order valence-corrected chi connectivity index (χ3v) is 2.91. The zero-order chi connectivity index (χ0) is 13.1. The van der Waals surface area contributed by atoms with E-state index >= 15 is 0 Å². The number of likely N-dealkylation sites (N-methyl/N-ethyl adjacent to an activating group) is 1. The van der Waals surface area contributed by atoms with Crippen LogP contribution in [0.2, 0.25) is 0 Å². The van der Waals surface area contributed by atoms with E-state index in [0.717, 1.165) is 4.90 Å². The molecule has 1 saturated heterocycles. The number of carbonyl (C=O) groups excluding carboxylic acids is 2. The minimum Gasteiger partial charge on any atom is -0.408 e. The summed E-state index contributed by atoms with van der Waals surface area (Å²) in [7, 11) is 1.46. The van der Waals surface area contributed by atoms with Crippen LogP contribution in [-0.2, 0) is 16.0 Å². The van der Waals surface area contributed by atoms with E-state index in [9.17, 15) is 9.59 Å². The van der Waals surface area contributed by atoms with Gasteiger partial charge in [-0.2, -0.15) is 0 Å². The van der Waals surface area contributed by atoms with E-state index in [1.165, 1.54) is 7.05 Å². The van der Waals surface area contributed by atoms with Crippen molar-refractivity contribution < 1.29 is 14.0 Å². The summed E-state index contributed by atoms with van der Waals surface area (Å²) in [6.07, 6.45) is 1.23. The van der Waals surface area contributed by atoms with Gasteiger partial charge in [0.25, 0.3) is 5.91 Å². The molecule has 0 aliphatic carbocycles. The summed E-state index contributed by atoms with van der Waals surface area (Å²) >= 11 is 5.55. The van der Waals surface area contributed by atoms with Crippen LogP contribution in [0.3, 0.4) is 0 Å². The minimum atomic E-state index is -0.503. The predicted octanol–water partition coefficient (Wildman–Crippen LogP) is 0.410. The highest BCUT2D eigenvalue weighted by molar-refractivity contribution is 6.17. The van der Waals surface area contributed by atoms with E-state index in [2.05, 4.69) is 15.5 Å². The van der Waals surface area contributed by atoms with Gasteiger partial charge >= 0.3 is 6.01 Å². The average molecular weight is 273 g/mol. The maximum absolute atomic E-state index is 11.8. The fourth-order valence-electron chi connectivity index (χ4n) is 1.69. The number of amides is 2. The van der Waals surface area contributed by atoms with E-state index < -0.39 is 6.04 Å². The molecule has 1 aromatic heterocycles. The lowest BCUT2D eigenvalue weighted by Gasteiger charge is -2.27. The number of rotatable bonds is 4. The number of aromatic nitrogens is 2. The van der Waals surface area contributed by atoms with Gasteiger partial charge in [-0.05, 0) is 6.42 Å².